The van der Waals surface area contributed by atoms with Crippen molar-refractivity contribution in [3.63, 3.8) is 0 Å². The number of piperidine rings is 1. The number of carbonyl (C=O) groups is 1. The maximum absolute atomic E-state index is 11.2. The highest BCUT2D eigenvalue weighted by molar-refractivity contribution is 5.75. The van der Waals surface area contributed by atoms with Gasteiger partial charge in [0.2, 0.25) is 0 Å². The Balaban J connectivity index is 2.17. The highest BCUT2D eigenvalue weighted by Crippen LogP contribution is 2.32. The fraction of sp³-hybridized carbons (Fsp3) is 0.462. The van der Waals surface area contributed by atoms with Gasteiger partial charge in [0, 0.05) is 18.8 Å². The molecule has 1 atom stereocenters. The van der Waals surface area contributed by atoms with E-state index in [1.165, 1.54) is 0 Å². The average Bonchev–Trinajstić information content (AvgIpc) is 2.30. The van der Waals surface area contributed by atoms with E-state index < -0.39 is 11.4 Å². The van der Waals surface area contributed by atoms with E-state index in [0.29, 0.717) is 6.54 Å². The van der Waals surface area contributed by atoms with Crippen LogP contribution in [0.1, 0.15) is 19.8 Å². The predicted octanol–water partition coefficient (Wildman–Crippen LogP) is 2.38. The minimum Gasteiger partial charge on any atom is -0.481 e. The molecule has 0 spiro atoms. The van der Waals surface area contributed by atoms with Crippen molar-refractivity contribution in [1.29, 1.82) is 0 Å². The van der Waals surface area contributed by atoms with Crippen LogP contribution in [0.4, 0.5) is 5.69 Å². The van der Waals surface area contributed by atoms with Crippen LogP contribution in [0.15, 0.2) is 30.3 Å². The first kappa shape index (κ1) is 11.0. The van der Waals surface area contributed by atoms with Gasteiger partial charge < -0.3 is 10.0 Å². The van der Waals surface area contributed by atoms with Gasteiger partial charge in [-0.25, -0.2) is 0 Å². The Bertz CT molecular complexity index is 377. The Morgan fingerprint density at radius 1 is 1.38 bits per heavy atom. The van der Waals surface area contributed by atoms with Gasteiger partial charge in [0.1, 0.15) is 0 Å². The summed E-state index contributed by atoms with van der Waals surface area (Å²) < 4.78 is 0. The fourth-order valence-electron chi connectivity index (χ4n) is 2.27. The number of carboxylic acids is 1. The zero-order valence-corrected chi connectivity index (χ0v) is 9.52. The molecule has 1 fully saturated rings. The maximum Gasteiger partial charge on any atom is 0.311 e. The number of aliphatic carboxylic acids is 1. The largest absolute Gasteiger partial charge is 0.481 e. The molecule has 1 aliphatic heterocycles. The third kappa shape index (κ3) is 2.03. The van der Waals surface area contributed by atoms with E-state index in [4.69, 9.17) is 0 Å². The van der Waals surface area contributed by atoms with Gasteiger partial charge in [0.05, 0.1) is 5.41 Å². The summed E-state index contributed by atoms with van der Waals surface area (Å²) >= 11 is 0. The van der Waals surface area contributed by atoms with Gasteiger partial charge in [-0.1, -0.05) is 18.2 Å². The van der Waals surface area contributed by atoms with Gasteiger partial charge in [-0.2, -0.15) is 0 Å². The number of nitrogens with zero attached hydrogens (tertiary/aromatic N) is 1. The van der Waals surface area contributed by atoms with E-state index in [1.54, 1.807) is 0 Å². The van der Waals surface area contributed by atoms with Gasteiger partial charge >= 0.3 is 5.97 Å². The first-order valence-electron chi connectivity index (χ1n) is 5.65. The minimum atomic E-state index is -0.687. The van der Waals surface area contributed by atoms with Crippen LogP contribution in [0.2, 0.25) is 0 Å². The smallest absolute Gasteiger partial charge is 0.311 e. The van der Waals surface area contributed by atoms with Crippen LogP contribution in [-0.2, 0) is 4.79 Å². The molecule has 1 aromatic rings. The molecule has 1 unspecified atom stereocenters. The summed E-state index contributed by atoms with van der Waals surface area (Å²) in [5.74, 6) is -0.687. The van der Waals surface area contributed by atoms with Crippen molar-refractivity contribution in [2.24, 2.45) is 5.41 Å². The fourth-order valence-corrected chi connectivity index (χ4v) is 2.27. The Kier molecular flexibility index (Phi) is 2.86. The number of rotatable bonds is 2. The highest BCUT2D eigenvalue weighted by atomic mass is 16.4. The van der Waals surface area contributed by atoms with Gasteiger partial charge in [0.25, 0.3) is 0 Å². The van der Waals surface area contributed by atoms with Crippen molar-refractivity contribution in [2.75, 3.05) is 18.0 Å². The Hall–Kier alpha value is -1.51. The second kappa shape index (κ2) is 4.16. The van der Waals surface area contributed by atoms with Gasteiger partial charge in [0.15, 0.2) is 0 Å². The first-order valence-corrected chi connectivity index (χ1v) is 5.65. The summed E-state index contributed by atoms with van der Waals surface area (Å²) in [7, 11) is 0. The summed E-state index contributed by atoms with van der Waals surface area (Å²) in [4.78, 5) is 13.4. The summed E-state index contributed by atoms with van der Waals surface area (Å²) in [6.45, 7) is 3.39. The highest BCUT2D eigenvalue weighted by Gasteiger charge is 2.37. The van der Waals surface area contributed by atoms with E-state index in [0.717, 1.165) is 25.1 Å². The van der Waals surface area contributed by atoms with Crippen LogP contribution >= 0.6 is 0 Å². The number of anilines is 1. The number of benzene rings is 1. The summed E-state index contributed by atoms with van der Waals surface area (Å²) in [5, 5.41) is 9.24. The molecule has 1 heterocycles. The van der Waals surface area contributed by atoms with Crippen LogP contribution in [0, 0.1) is 5.41 Å². The van der Waals surface area contributed by atoms with E-state index in [9.17, 15) is 9.90 Å². The lowest BCUT2D eigenvalue weighted by molar-refractivity contribution is -0.148. The molecular weight excluding hydrogens is 202 g/mol. The quantitative estimate of drug-likeness (QED) is 0.830. The Morgan fingerprint density at radius 3 is 2.69 bits per heavy atom. The molecule has 3 heteroatoms. The van der Waals surface area contributed by atoms with E-state index >= 15 is 0 Å². The monoisotopic (exact) mass is 219 g/mol. The lowest BCUT2D eigenvalue weighted by Gasteiger charge is -2.38. The normalized spacial score (nSPS) is 25.4. The molecule has 1 N–H and O–H groups in total. The third-order valence-corrected chi connectivity index (χ3v) is 3.33. The molecule has 2 rings (SSSR count). The molecule has 0 aliphatic carbocycles. The zero-order chi connectivity index (χ0) is 11.6. The predicted molar refractivity (Wildman–Crippen MR) is 63.6 cm³/mol. The van der Waals surface area contributed by atoms with E-state index in [-0.39, 0.29) is 0 Å². The van der Waals surface area contributed by atoms with Crippen molar-refractivity contribution in [1.82, 2.24) is 0 Å². The van der Waals surface area contributed by atoms with Crippen molar-refractivity contribution in [2.45, 2.75) is 19.8 Å². The number of hydrogen-bond acceptors (Lipinski definition) is 2. The average molecular weight is 219 g/mol. The summed E-state index contributed by atoms with van der Waals surface area (Å²) in [5.41, 5.74) is 0.517. The van der Waals surface area contributed by atoms with Crippen molar-refractivity contribution in [3.05, 3.63) is 30.3 Å². The zero-order valence-electron chi connectivity index (χ0n) is 9.52. The second-order valence-electron chi connectivity index (χ2n) is 4.73. The van der Waals surface area contributed by atoms with Gasteiger partial charge in [-0.3, -0.25) is 4.79 Å². The minimum absolute atomic E-state index is 0.603. The Morgan fingerprint density at radius 2 is 2.06 bits per heavy atom. The second-order valence-corrected chi connectivity index (χ2v) is 4.73. The topological polar surface area (TPSA) is 40.5 Å². The molecule has 16 heavy (non-hydrogen) atoms. The van der Waals surface area contributed by atoms with E-state index in [1.807, 2.05) is 37.3 Å². The number of carboxylic acid groups (broad SMARTS) is 1. The molecule has 3 nitrogen and oxygen atoms in total. The molecule has 1 aromatic carbocycles. The third-order valence-electron chi connectivity index (χ3n) is 3.33. The Labute approximate surface area is 95.7 Å². The molecule has 0 aromatic heterocycles. The van der Waals surface area contributed by atoms with Crippen LogP contribution in [0.5, 0.6) is 0 Å². The van der Waals surface area contributed by atoms with Crippen molar-refractivity contribution >= 4 is 11.7 Å². The maximum atomic E-state index is 11.2. The van der Waals surface area contributed by atoms with Crippen LogP contribution in [0.25, 0.3) is 0 Å². The molecule has 86 valence electrons. The van der Waals surface area contributed by atoms with E-state index in [2.05, 4.69) is 4.90 Å². The lowest BCUT2D eigenvalue weighted by atomic mass is 9.82. The van der Waals surface area contributed by atoms with Crippen LogP contribution < -0.4 is 4.90 Å². The van der Waals surface area contributed by atoms with Crippen molar-refractivity contribution in [3.8, 4) is 0 Å². The van der Waals surface area contributed by atoms with Crippen molar-refractivity contribution < 1.29 is 9.90 Å². The lowest BCUT2D eigenvalue weighted by Crippen LogP contribution is -2.46. The first-order chi connectivity index (χ1) is 7.62. The van der Waals surface area contributed by atoms with Crippen LogP contribution in [0.3, 0.4) is 0 Å². The molecular formula is C13H17NO2. The molecule has 1 aliphatic rings. The SMILES string of the molecule is CC1(C(=O)O)CCCN(c2ccccc2)C1. The molecule has 1 saturated heterocycles. The molecule has 0 saturated carbocycles. The van der Waals surface area contributed by atoms with Crippen LogP contribution in [-0.4, -0.2) is 24.2 Å². The number of para-hydroxylation sites is 1. The standard InChI is InChI=1S/C13H17NO2/c1-13(12(15)16)8-5-9-14(10-13)11-6-3-2-4-7-11/h2-4,6-7H,5,8-10H2,1H3,(H,15,16). The number of hydrogen-bond donors (Lipinski definition) is 1. The molecule has 0 bridgehead atoms. The summed E-state index contributed by atoms with van der Waals surface area (Å²) in [6.07, 6.45) is 1.71. The molecule has 0 radical (unpaired) electrons. The molecule has 0 amide bonds. The van der Waals surface area contributed by atoms with Gasteiger partial charge in [-0.05, 0) is 31.9 Å². The van der Waals surface area contributed by atoms with Gasteiger partial charge in [-0.15, -0.1) is 0 Å². The summed E-state index contributed by atoms with van der Waals surface area (Å²) in [6, 6.07) is 10.0.